The Bertz CT molecular complexity index is 1360. The number of methoxy groups -OCH3 is 1. The van der Waals surface area contributed by atoms with Crippen molar-refractivity contribution >= 4 is 51.0 Å². The lowest BCUT2D eigenvalue weighted by Gasteiger charge is -2.31. The number of hydrogen-bond acceptors (Lipinski definition) is 4. The predicted molar refractivity (Wildman–Crippen MR) is 129 cm³/mol. The minimum atomic E-state index is -0.165. The Morgan fingerprint density at radius 1 is 1.00 bits per heavy atom. The molecule has 0 bridgehead atoms. The zero-order valence-corrected chi connectivity index (χ0v) is 18.9. The normalized spacial score (nSPS) is 14.5. The van der Waals surface area contributed by atoms with Crippen molar-refractivity contribution in [2.24, 2.45) is 5.92 Å². The van der Waals surface area contributed by atoms with Gasteiger partial charge >= 0.3 is 0 Å². The van der Waals surface area contributed by atoms with Gasteiger partial charge in [-0.15, -0.1) is 0 Å². The Morgan fingerprint density at radius 3 is 2.55 bits per heavy atom. The highest BCUT2D eigenvalue weighted by Crippen LogP contribution is 2.31. The molecule has 7 heteroatoms. The summed E-state index contributed by atoms with van der Waals surface area (Å²) in [5.74, 6) is 0.147. The van der Waals surface area contributed by atoms with Gasteiger partial charge in [0.1, 0.15) is 16.9 Å². The molecule has 0 atom stereocenters. The fourth-order valence-electron chi connectivity index (χ4n) is 4.41. The van der Waals surface area contributed by atoms with Crippen LogP contribution in [0.25, 0.3) is 21.9 Å². The standard InChI is InChI=1S/C26H23ClN2O4/c1-32-22-9-6-17(27)14-21(22)26(31)29-12-10-16(11-13-29)25(30)28-18-7-8-20-19-4-2-3-5-23(19)33-24(20)15-18/h2-9,14-16H,10-13H2,1H3,(H,28,30). The van der Waals surface area contributed by atoms with Crippen LogP contribution in [0.2, 0.25) is 5.02 Å². The van der Waals surface area contributed by atoms with Gasteiger partial charge in [-0.3, -0.25) is 9.59 Å². The molecule has 0 aliphatic carbocycles. The van der Waals surface area contributed by atoms with E-state index in [4.69, 9.17) is 20.8 Å². The molecule has 2 amide bonds. The summed E-state index contributed by atoms with van der Waals surface area (Å²) >= 11 is 6.07. The molecule has 0 spiro atoms. The first kappa shape index (κ1) is 21.3. The third kappa shape index (κ3) is 4.14. The van der Waals surface area contributed by atoms with Crippen molar-refractivity contribution in [3.05, 3.63) is 71.2 Å². The number of halogens is 1. The van der Waals surface area contributed by atoms with Crippen molar-refractivity contribution < 1.29 is 18.7 Å². The lowest BCUT2D eigenvalue weighted by molar-refractivity contribution is -0.121. The van der Waals surface area contributed by atoms with Gasteiger partial charge in [0.15, 0.2) is 0 Å². The third-order valence-corrected chi connectivity index (χ3v) is 6.43. The lowest BCUT2D eigenvalue weighted by Crippen LogP contribution is -2.41. The monoisotopic (exact) mass is 462 g/mol. The molecule has 0 saturated carbocycles. The molecule has 0 unspecified atom stereocenters. The van der Waals surface area contributed by atoms with Gasteiger partial charge in [0.2, 0.25) is 5.91 Å². The van der Waals surface area contributed by atoms with Gasteiger partial charge in [-0.1, -0.05) is 29.8 Å². The van der Waals surface area contributed by atoms with Gasteiger partial charge < -0.3 is 19.4 Å². The molecule has 1 aliphatic rings. The summed E-state index contributed by atoms with van der Waals surface area (Å²) in [7, 11) is 1.53. The van der Waals surface area contributed by atoms with Gasteiger partial charge in [-0.2, -0.15) is 0 Å². The zero-order valence-electron chi connectivity index (χ0n) is 18.1. The number of carbonyl (C=O) groups excluding carboxylic acids is 2. The van der Waals surface area contributed by atoms with E-state index < -0.39 is 0 Å². The summed E-state index contributed by atoms with van der Waals surface area (Å²) in [6.45, 7) is 0.990. The Hall–Kier alpha value is -3.51. The highest BCUT2D eigenvalue weighted by atomic mass is 35.5. The summed E-state index contributed by atoms with van der Waals surface area (Å²) in [6.07, 6.45) is 1.18. The summed E-state index contributed by atoms with van der Waals surface area (Å²) in [4.78, 5) is 27.6. The minimum Gasteiger partial charge on any atom is -0.496 e. The average Bonchev–Trinajstić information content (AvgIpc) is 3.21. The van der Waals surface area contributed by atoms with Gasteiger partial charge in [0, 0.05) is 46.6 Å². The van der Waals surface area contributed by atoms with Gasteiger partial charge in [0.05, 0.1) is 12.7 Å². The smallest absolute Gasteiger partial charge is 0.257 e. The number of piperidine rings is 1. The van der Waals surface area contributed by atoms with Crippen LogP contribution >= 0.6 is 11.6 Å². The van der Waals surface area contributed by atoms with E-state index >= 15 is 0 Å². The summed E-state index contributed by atoms with van der Waals surface area (Å²) in [5.41, 5.74) is 2.70. The Morgan fingerprint density at radius 2 is 1.76 bits per heavy atom. The van der Waals surface area contributed by atoms with E-state index in [2.05, 4.69) is 5.32 Å². The van der Waals surface area contributed by atoms with Crippen molar-refractivity contribution in [3.8, 4) is 5.75 Å². The highest BCUT2D eigenvalue weighted by molar-refractivity contribution is 6.31. The van der Waals surface area contributed by atoms with E-state index in [0.717, 1.165) is 21.9 Å². The fourth-order valence-corrected chi connectivity index (χ4v) is 4.58. The quantitative estimate of drug-likeness (QED) is 0.420. The molecule has 33 heavy (non-hydrogen) atoms. The molecule has 2 heterocycles. The van der Waals surface area contributed by atoms with Crippen LogP contribution in [-0.2, 0) is 4.79 Å². The number of para-hydroxylation sites is 1. The van der Waals surface area contributed by atoms with Crippen LogP contribution in [0.3, 0.4) is 0 Å². The predicted octanol–water partition coefficient (Wildman–Crippen LogP) is 5.74. The average molecular weight is 463 g/mol. The molecule has 168 valence electrons. The second kappa shape index (κ2) is 8.79. The molecule has 1 aromatic heterocycles. The number of hydrogen-bond donors (Lipinski definition) is 1. The van der Waals surface area contributed by atoms with E-state index in [-0.39, 0.29) is 17.7 Å². The highest BCUT2D eigenvalue weighted by Gasteiger charge is 2.29. The van der Waals surface area contributed by atoms with Crippen molar-refractivity contribution in [3.63, 3.8) is 0 Å². The number of nitrogens with zero attached hydrogens (tertiary/aromatic N) is 1. The summed E-state index contributed by atoms with van der Waals surface area (Å²) < 4.78 is 11.2. The van der Waals surface area contributed by atoms with E-state index in [0.29, 0.717) is 48.0 Å². The minimum absolute atomic E-state index is 0.0436. The number of fused-ring (bicyclic) bond motifs is 3. The summed E-state index contributed by atoms with van der Waals surface area (Å²) in [5, 5.41) is 5.57. The molecule has 4 aromatic rings. The van der Waals surface area contributed by atoms with Crippen LogP contribution in [0.1, 0.15) is 23.2 Å². The van der Waals surface area contributed by atoms with Crippen LogP contribution in [0, 0.1) is 5.92 Å². The van der Waals surface area contributed by atoms with Crippen LogP contribution in [0.5, 0.6) is 5.75 Å². The molecule has 6 nitrogen and oxygen atoms in total. The molecule has 1 fully saturated rings. The van der Waals surface area contributed by atoms with Crippen LogP contribution in [0.15, 0.2) is 65.1 Å². The Labute approximate surface area is 196 Å². The van der Waals surface area contributed by atoms with E-state index in [1.165, 1.54) is 7.11 Å². The van der Waals surface area contributed by atoms with E-state index in [1.54, 1.807) is 23.1 Å². The number of carbonyl (C=O) groups is 2. The van der Waals surface area contributed by atoms with E-state index in [1.807, 2.05) is 42.5 Å². The molecule has 0 radical (unpaired) electrons. The number of rotatable bonds is 4. The lowest BCUT2D eigenvalue weighted by atomic mass is 9.95. The van der Waals surface area contributed by atoms with Gasteiger partial charge in [-0.25, -0.2) is 0 Å². The van der Waals surface area contributed by atoms with E-state index in [9.17, 15) is 9.59 Å². The largest absolute Gasteiger partial charge is 0.496 e. The molecular weight excluding hydrogens is 440 g/mol. The second-order valence-corrected chi connectivity index (χ2v) is 8.65. The van der Waals surface area contributed by atoms with Gasteiger partial charge in [-0.05, 0) is 49.2 Å². The second-order valence-electron chi connectivity index (χ2n) is 8.21. The molecule has 1 N–H and O–H groups in total. The maximum absolute atomic E-state index is 13.0. The Balaban J connectivity index is 1.24. The van der Waals surface area contributed by atoms with Crippen LogP contribution < -0.4 is 10.1 Å². The van der Waals surface area contributed by atoms with Crippen molar-refractivity contribution in [2.45, 2.75) is 12.8 Å². The van der Waals surface area contributed by atoms with Crippen molar-refractivity contribution in [2.75, 3.05) is 25.5 Å². The first-order chi connectivity index (χ1) is 16.0. The number of amides is 2. The van der Waals surface area contributed by atoms with Crippen molar-refractivity contribution in [1.82, 2.24) is 4.90 Å². The SMILES string of the molecule is COc1ccc(Cl)cc1C(=O)N1CCC(C(=O)Nc2ccc3c(c2)oc2ccccc23)CC1. The number of likely N-dealkylation sites (tertiary alicyclic amines) is 1. The maximum Gasteiger partial charge on any atom is 0.257 e. The number of ether oxygens (including phenoxy) is 1. The van der Waals surface area contributed by atoms with Crippen LogP contribution in [0.4, 0.5) is 5.69 Å². The first-order valence-electron chi connectivity index (χ1n) is 10.9. The maximum atomic E-state index is 13.0. The molecule has 3 aromatic carbocycles. The van der Waals surface area contributed by atoms with Gasteiger partial charge in [0.25, 0.3) is 5.91 Å². The Kier molecular flexibility index (Phi) is 5.68. The molecule has 5 rings (SSSR count). The first-order valence-corrected chi connectivity index (χ1v) is 11.3. The van der Waals surface area contributed by atoms with Crippen molar-refractivity contribution in [1.29, 1.82) is 0 Å². The topological polar surface area (TPSA) is 71.8 Å². The summed E-state index contributed by atoms with van der Waals surface area (Å²) in [6, 6.07) is 18.6. The number of anilines is 1. The molecular formula is C26H23ClN2O4. The number of nitrogens with one attached hydrogen (secondary N) is 1. The molecule has 1 saturated heterocycles. The number of benzene rings is 3. The fraction of sp³-hybridized carbons (Fsp3) is 0.231. The third-order valence-electron chi connectivity index (χ3n) is 6.19. The van der Waals surface area contributed by atoms with Crippen LogP contribution in [-0.4, -0.2) is 36.9 Å². The molecule has 1 aliphatic heterocycles. The zero-order chi connectivity index (χ0) is 22.9. The number of furan rings is 1.